The number of aliphatic hydroxyl groups excluding tert-OH is 2. The number of ether oxygens (including phenoxy) is 1. The van der Waals surface area contributed by atoms with Crippen LogP contribution in [0.15, 0.2) is 29.2 Å². The molecule has 2 aliphatic rings. The molecule has 1 aliphatic heterocycles. The highest BCUT2D eigenvalue weighted by Crippen LogP contribution is 2.37. The molecule has 4 unspecified atom stereocenters. The largest absolute Gasteiger partial charge is 0.497 e. The standard InChI is InChI=1S/C17H23NO4S/c1-22-13-3-2-4-14(7-13)23-10-17(21)18-8-11-5-15(19)16(20)6-12(11)9-18/h2-4,7,11-12,15-16,19-20H,5-6,8-10H2,1H3. The van der Waals surface area contributed by atoms with Gasteiger partial charge in [-0.05, 0) is 42.9 Å². The Balaban J connectivity index is 1.53. The van der Waals surface area contributed by atoms with Gasteiger partial charge in [0.1, 0.15) is 5.75 Å². The van der Waals surface area contributed by atoms with Crippen molar-refractivity contribution >= 4 is 17.7 Å². The Kier molecular flexibility index (Phi) is 5.14. The number of benzene rings is 1. The van der Waals surface area contributed by atoms with E-state index in [0.29, 0.717) is 43.5 Å². The molecule has 23 heavy (non-hydrogen) atoms. The molecule has 1 aliphatic carbocycles. The summed E-state index contributed by atoms with van der Waals surface area (Å²) in [6, 6.07) is 7.69. The van der Waals surface area contributed by atoms with Gasteiger partial charge in [0.25, 0.3) is 0 Å². The molecule has 1 aromatic carbocycles. The van der Waals surface area contributed by atoms with Gasteiger partial charge < -0.3 is 19.8 Å². The molecular formula is C17H23NO4S. The summed E-state index contributed by atoms with van der Waals surface area (Å²) < 4.78 is 5.19. The van der Waals surface area contributed by atoms with Crippen LogP contribution in [0.5, 0.6) is 5.75 Å². The lowest BCUT2D eigenvalue weighted by Gasteiger charge is -2.31. The van der Waals surface area contributed by atoms with Crippen LogP contribution in [0.25, 0.3) is 0 Å². The van der Waals surface area contributed by atoms with Gasteiger partial charge in [0.05, 0.1) is 25.1 Å². The normalized spacial score (nSPS) is 30.1. The van der Waals surface area contributed by atoms with Crippen molar-refractivity contribution in [3.8, 4) is 5.75 Å². The van der Waals surface area contributed by atoms with E-state index in [-0.39, 0.29) is 5.91 Å². The molecule has 126 valence electrons. The molecule has 0 aromatic heterocycles. The fraction of sp³-hybridized carbons (Fsp3) is 0.588. The van der Waals surface area contributed by atoms with Gasteiger partial charge in [0, 0.05) is 18.0 Å². The first kappa shape index (κ1) is 16.6. The maximum Gasteiger partial charge on any atom is 0.232 e. The second-order valence-electron chi connectivity index (χ2n) is 6.39. The predicted molar refractivity (Wildman–Crippen MR) is 88.5 cm³/mol. The zero-order valence-electron chi connectivity index (χ0n) is 13.2. The van der Waals surface area contributed by atoms with Crippen molar-refractivity contribution in [3.63, 3.8) is 0 Å². The molecule has 1 saturated carbocycles. The van der Waals surface area contributed by atoms with Crippen LogP contribution in [0.1, 0.15) is 12.8 Å². The van der Waals surface area contributed by atoms with E-state index in [1.807, 2.05) is 29.2 Å². The van der Waals surface area contributed by atoms with Gasteiger partial charge in [-0.3, -0.25) is 4.79 Å². The summed E-state index contributed by atoms with van der Waals surface area (Å²) in [6.45, 7) is 1.40. The molecule has 1 heterocycles. The van der Waals surface area contributed by atoms with Crippen LogP contribution >= 0.6 is 11.8 Å². The maximum atomic E-state index is 12.4. The fourth-order valence-corrected chi connectivity index (χ4v) is 4.39. The first-order chi connectivity index (χ1) is 11.1. The summed E-state index contributed by atoms with van der Waals surface area (Å²) in [4.78, 5) is 15.3. The lowest BCUT2D eigenvalue weighted by molar-refractivity contribution is -0.127. The topological polar surface area (TPSA) is 70.0 Å². The number of aliphatic hydroxyl groups is 2. The van der Waals surface area contributed by atoms with Crippen molar-refractivity contribution in [2.75, 3.05) is 26.0 Å². The predicted octanol–water partition coefficient (Wildman–Crippen LogP) is 1.38. The number of nitrogens with zero attached hydrogens (tertiary/aromatic N) is 1. The monoisotopic (exact) mass is 337 g/mol. The molecule has 0 spiro atoms. The van der Waals surface area contributed by atoms with E-state index in [9.17, 15) is 15.0 Å². The smallest absolute Gasteiger partial charge is 0.232 e. The number of rotatable bonds is 4. The Labute approximate surface area is 140 Å². The number of likely N-dealkylation sites (tertiary alicyclic amines) is 1. The lowest BCUT2D eigenvalue weighted by Crippen LogP contribution is -2.38. The highest BCUT2D eigenvalue weighted by molar-refractivity contribution is 8.00. The van der Waals surface area contributed by atoms with Gasteiger partial charge in [-0.15, -0.1) is 11.8 Å². The van der Waals surface area contributed by atoms with Crippen LogP contribution in [-0.4, -0.2) is 59.2 Å². The van der Waals surface area contributed by atoms with Crippen molar-refractivity contribution in [3.05, 3.63) is 24.3 Å². The molecule has 2 fully saturated rings. The van der Waals surface area contributed by atoms with Crippen molar-refractivity contribution in [1.82, 2.24) is 4.90 Å². The van der Waals surface area contributed by atoms with E-state index in [4.69, 9.17) is 4.74 Å². The van der Waals surface area contributed by atoms with Gasteiger partial charge in [0.2, 0.25) is 5.91 Å². The fourth-order valence-electron chi connectivity index (χ4n) is 3.54. The van der Waals surface area contributed by atoms with Crippen molar-refractivity contribution in [2.45, 2.75) is 29.9 Å². The van der Waals surface area contributed by atoms with Crippen LogP contribution in [-0.2, 0) is 4.79 Å². The number of thioether (sulfide) groups is 1. The van der Waals surface area contributed by atoms with Crippen molar-refractivity contribution in [2.24, 2.45) is 11.8 Å². The van der Waals surface area contributed by atoms with Crippen molar-refractivity contribution in [1.29, 1.82) is 0 Å². The number of carbonyl (C=O) groups excluding carboxylic acids is 1. The summed E-state index contributed by atoms with van der Waals surface area (Å²) in [5, 5.41) is 19.6. The molecule has 6 heteroatoms. The van der Waals surface area contributed by atoms with Crippen LogP contribution in [0.2, 0.25) is 0 Å². The Hall–Kier alpha value is -1.24. The molecule has 3 rings (SSSR count). The van der Waals surface area contributed by atoms with E-state index >= 15 is 0 Å². The zero-order chi connectivity index (χ0) is 16.4. The molecule has 1 saturated heterocycles. The maximum absolute atomic E-state index is 12.4. The number of hydrogen-bond acceptors (Lipinski definition) is 5. The summed E-state index contributed by atoms with van der Waals surface area (Å²) >= 11 is 1.51. The van der Waals surface area contributed by atoms with Gasteiger partial charge >= 0.3 is 0 Å². The second kappa shape index (κ2) is 7.11. The van der Waals surface area contributed by atoms with Crippen LogP contribution < -0.4 is 4.74 Å². The molecular weight excluding hydrogens is 314 g/mol. The molecule has 1 aromatic rings. The summed E-state index contributed by atoms with van der Waals surface area (Å²) in [5.41, 5.74) is 0. The van der Waals surface area contributed by atoms with Gasteiger partial charge in [-0.25, -0.2) is 0 Å². The lowest BCUT2D eigenvalue weighted by atomic mass is 9.79. The quantitative estimate of drug-likeness (QED) is 0.812. The first-order valence-corrected chi connectivity index (χ1v) is 8.96. The van der Waals surface area contributed by atoms with E-state index in [1.54, 1.807) is 7.11 Å². The number of methoxy groups -OCH3 is 1. The molecule has 4 atom stereocenters. The van der Waals surface area contributed by atoms with Gasteiger partial charge in [0.15, 0.2) is 0 Å². The summed E-state index contributed by atoms with van der Waals surface area (Å²) in [6.07, 6.45) is -0.0907. The Morgan fingerprint density at radius 2 is 1.91 bits per heavy atom. The van der Waals surface area contributed by atoms with Crippen molar-refractivity contribution < 1.29 is 19.7 Å². The minimum atomic E-state index is -0.641. The molecule has 5 nitrogen and oxygen atoms in total. The van der Waals surface area contributed by atoms with Crippen LogP contribution in [0, 0.1) is 11.8 Å². The molecule has 1 amide bonds. The van der Waals surface area contributed by atoms with Gasteiger partial charge in [-0.2, -0.15) is 0 Å². The Bertz CT molecular complexity index is 549. The average Bonchev–Trinajstić information content (AvgIpc) is 2.96. The number of amides is 1. The molecule has 0 bridgehead atoms. The number of hydrogen-bond donors (Lipinski definition) is 2. The van der Waals surface area contributed by atoms with E-state index < -0.39 is 12.2 Å². The SMILES string of the molecule is COc1cccc(SCC(=O)N2CC3CC(O)C(O)CC3C2)c1. The summed E-state index contributed by atoms with van der Waals surface area (Å²) in [7, 11) is 1.63. The first-order valence-electron chi connectivity index (χ1n) is 7.97. The third-order valence-corrected chi connectivity index (χ3v) is 5.84. The van der Waals surface area contributed by atoms with E-state index in [0.717, 1.165) is 10.6 Å². The average molecular weight is 337 g/mol. The van der Waals surface area contributed by atoms with Crippen LogP contribution in [0.4, 0.5) is 0 Å². The number of carbonyl (C=O) groups is 1. The third-order valence-electron chi connectivity index (χ3n) is 4.87. The van der Waals surface area contributed by atoms with E-state index in [2.05, 4.69) is 0 Å². The Morgan fingerprint density at radius 1 is 1.26 bits per heavy atom. The minimum Gasteiger partial charge on any atom is -0.497 e. The van der Waals surface area contributed by atoms with Gasteiger partial charge in [-0.1, -0.05) is 6.07 Å². The highest BCUT2D eigenvalue weighted by atomic mass is 32.2. The van der Waals surface area contributed by atoms with E-state index in [1.165, 1.54) is 11.8 Å². The molecule has 0 radical (unpaired) electrons. The van der Waals surface area contributed by atoms with Crippen LogP contribution in [0.3, 0.4) is 0 Å². The zero-order valence-corrected chi connectivity index (χ0v) is 14.0. The second-order valence-corrected chi connectivity index (χ2v) is 7.44. The highest BCUT2D eigenvalue weighted by Gasteiger charge is 2.42. The molecule has 2 N–H and O–H groups in total. The summed E-state index contributed by atoms with van der Waals surface area (Å²) in [5.74, 6) is 1.95. The minimum absolute atomic E-state index is 0.121. The third kappa shape index (κ3) is 3.82. The Morgan fingerprint density at radius 3 is 2.52 bits per heavy atom. The number of fused-ring (bicyclic) bond motifs is 1.